The van der Waals surface area contributed by atoms with Gasteiger partial charge in [-0.2, -0.15) is 5.10 Å². The van der Waals surface area contributed by atoms with Gasteiger partial charge in [0, 0.05) is 41.2 Å². The fourth-order valence-electron chi connectivity index (χ4n) is 3.45. The topological polar surface area (TPSA) is 128 Å². The molecule has 0 fully saturated rings. The number of amidine groups is 1. The van der Waals surface area contributed by atoms with Crippen LogP contribution in [0.2, 0.25) is 0 Å². The van der Waals surface area contributed by atoms with Crippen LogP contribution < -0.4 is 20.7 Å². The zero-order chi connectivity index (χ0) is 23.8. The smallest absolute Gasteiger partial charge is 0.391 e. The molecule has 2 amide bonds. The highest BCUT2D eigenvalue weighted by molar-refractivity contribution is 9.10. The Morgan fingerprint density at radius 3 is 2.76 bits per heavy atom. The van der Waals surface area contributed by atoms with Crippen LogP contribution in [0.5, 0.6) is 5.88 Å². The number of aryl methyl sites for hydroxylation is 1. The van der Waals surface area contributed by atoms with Crippen LogP contribution in [0.4, 0.5) is 20.6 Å². The standard InChI is InChI=1S/C21H19BrFN7O3/c1-21(11-30(19(31)18(24)28-21)14-9-26-29(2)10-14)15-7-13(4-5-16(15)23)27-20(32)33-17-6-3-12(22)8-25-17/h3-10H,11H2,1-2H3,(H2,24,28)(H,27,32). The molecule has 1 atom stereocenters. The van der Waals surface area contributed by atoms with Gasteiger partial charge >= 0.3 is 6.09 Å². The van der Waals surface area contributed by atoms with E-state index in [0.717, 1.165) is 4.47 Å². The molecule has 170 valence electrons. The number of nitrogens with one attached hydrogen (secondary N) is 1. The van der Waals surface area contributed by atoms with Crippen molar-refractivity contribution in [1.82, 2.24) is 14.8 Å². The number of benzene rings is 1. The van der Waals surface area contributed by atoms with Crippen LogP contribution in [-0.4, -0.2) is 39.1 Å². The lowest BCUT2D eigenvalue weighted by Crippen LogP contribution is -2.52. The maximum atomic E-state index is 14.9. The second kappa shape index (κ2) is 8.62. The molecule has 3 aromatic rings. The maximum Gasteiger partial charge on any atom is 0.418 e. The molecule has 0 bridgehead atoms. The highest BCUT2D eigenvalue weighted by Gasteiger charge is 2.40. The van der Waals surface area contributed by atoms with E-state index in [1.165, 1.54) is 41.6 Å². The molecule has 0 spiro atoms. The summed E-state index contributed by atoms with van der Waals surface area (Å²) in [7, 11) is 1.71. The summed E-state index contributed by atoms with van der Waals surface area (Å²) in [5, 5.41) is 6.62. The molecule has 10 nitrogen and oxygen atoms in total. The van der Waals surface area contributed by atoms with Gasteiger partial charge in [-0.3, -0.25) is 24.7 Å². The first-order chi connectivity index (χ1) is 15.6. The molecule has 2 aromatic heterocycles. The van der Waals surface area contributed by atoms with Crippen LogP contribution in [0.3, 0.4) is 0 Å². The molecule has 0 saturated heterocycles. The number of amides is 2. The number of carbonyl (C=O) groups excluding carboxylic acids is 2. The summed E-state index contributed by atoms with van der Waals surface area (Å²) in [6, 6.07) is 7.21. The summed E-state index contributed by atoms with van der Waals surface area (Å²) in [5.74, 6) is -1.23. The van der Waals surface area contributed by atoms with Crippen LogP contribution in [-0.2, 0) is 17.4 Å². The first kappa shape index (κ1) is 22.4. The number of rotatable bonds is 4. The largest absolute Gasteiger partial charge is 0.418 e. The summed E-state index contributed by atoms with van der Waals surface area (Å²) >= 11 is 3.25. The second-order valence-corrected chi connectivity index (χ2v) is 8.47. The molecule has 1 aromatic carbocycles. The Balaban J connectivity index is 1.60. The summed E-state index contributed by atoms with van der Waals surface area (Å²) in [5.41, 5.74) is 5.61. The number of hydrogen-bond donors (Lipinski definition) is 2. The summed E-state index contributed by atoms with van der Waals surface area (Å²) in [6.07, 6.45) is 3.85. The SMILES string of the molecule is Cn1cc(N2CC(C)(c3cc(NC(=O)Oc4ccc(Br)cn4)ccc3F)N=C(N)C2=O)cn1. The number of halogens is 2. The average Bonchev–Trinajstić information content (AvgIpc) is 3.20. The van der Waals surface area contributed by atoms with Gasteiger partial charge in [0.2, 0.25) is 5.88 Å². The van der Waals surface area contributed by atoms with E-state index in [4.69, 9.17) is 10.5 Å². The fraction of sp³-hybridized carbons (Fsp3) is 0.190. The summed E-state index contributed by atoms with van der Waals surface area (Å²) < 4.78 is 22.3. The summed E-state index contributed by atoms with van der Waals surface area (Å²) in [4.78, 5) is 34.5. The van der Waals surface area contributed by atoms with Crippen molar-refractivity contribution in [1.29, 1.82) is 0 Å². The number of hydrogen-bond acceptors (Lipinski definition) is 7. The Kier molecular flexibility index (Phi) is 5.85. The Labute approximate surface area is 196 Å². The second-order valence-electron chi connectivity index (χ2n) is 7.56. The molecule has 12 heteroatoms. The molecule has 3 N–H and O–H groups in total. The van der Waals surface area contributed by atoms with Gasteiger partial charge in [0.25, 0.3) is 5.91 Å². The Morgan fingerprint density at radius 1 is 1.30 bits per heavy atom. The molecule has 0 radical (unpaired) electrons. The monoisotopic (exact) mass is 515 g/mol. The lowest BCUT2D eigenvalue weighted by Gasteiger charge is -2.36. The third-order valence-corrected chi connectivity index (χ3v) is 5.46. The minimum Gasteiger partial charge on any atom is -0.391 e. The zero-order valence-corrected chi connectivity index (χ0v) is 19.2. The van der Waals surface area contributed by atoms with E-state index in [1.807, 2.05) is 0 Å². The van der Waals surface area contributed by atoms with E-state index < -0.39 is 23.4 Å². The van der Waals surface area contributed by atoms with Gasteiger partial charge in [0.05, 0.1) is 18.4 Å². The van der Waals surface area contributed by atoms with Crippen molar-refractivity contribution >= 4 is 45.1 Å². The molecule has 1 unspecified atom stereocenters. The van der Waals surface area contributed by atoms with Gasteiger partial charge in [-0.15, -0.1) is 0 Å². The molecule has 33 heavy (non-hydrogen) atoms. The molecular formula is C21H19BrFN7O3. The van der Waals surface area contributed by atoms with Gasteiger partial charge in [0.1, 0.15) is 11.4 Å². The lowest BCUT2D eigenvalue weighted by atomic mass is 9.89. The van der Waals surface area contributed by atoms with Crippen LogP contribution in [0, 0.1) is 5.82 Å². The minimum atomic E-state index is -1.22. The van der Waals surface area contributed by atoms with E-state index >= 15 is 0 Å². The predicted octanol–water partition coefficient (Wildman–Crippen LogP) is 2.95. The first-order valence-electron chi connectivity index (χ1n) is 9.71. The van der Waals surface area contributed by atoms with E-state index in [-0.39, 0.29) is 29.5 Å². The van der Waals surface area contributed by atoms with Gasteiger partial charge in [-0.05, 0) is 47.1 Å². The third kappa shape index (κ3) is 4.70. The number of nitrogens with two attached hydrogens (primary N) is 1. The molecule has 0 aliphatic carbocycles. The van der Waals surface area contributed by atoms with E-state index in [0.29, 0.717) is 5.69 Å². The summed E-state index contributed by atoms with van der Waals surface area (Å²) in [6.45, 7) is 1.67. The highest BCUT2D eigenvalue weighted by Crippen LogP contribution is 2.35. The molecule has 1 aliphatic rings. The Morgan fingerprint density at radius 2 is 2.09 bits per heavy atom. The predicted molar refractivity (Wildman–Crippen MR) is 123 cm³/mol. The van der Waals surface area contributed by atoms with E-state index in [2.05, 4.69) is 36.3 Å². The van der Waals surface area contributed by atoms with Gasteiger partial charge in [-0.1, -0.05) is 0 Å². The van der Waals surface area contributed by atoms with Gasteiger partial charge in [-0.25, -0.2) is 14.2 Å². The number of aliphatic imine (C=N–C) groups is 1. The molecule has 0 saturated carbocycles. The molecule has 3 heterocycles. The first-order valence-corrected chi connectivity index (χ1v) is 10.5. The van der Waals surface area contributed by atoms with E-state index in [9.17, 15) is 14.0 Å². The average molecular weight is 516 g/mol. The van der Waals surface area contributed by atoms with Crippen LogP contribution in [0.15, 0.2) is 58.4 Å². The lowest BCUT2D eigenvalue weighted by molar-refractivity contribution is -0.113. The Hall–Kier alpha value is -3.80. The normalized spacial score (nSPS) is 18.1. The zero-order valence-electron chi connectivity index (χ0n) is 17.6. The van der Waals surface area contributed by atoms with Crippen molar-refractivity contribution in [3.8, 4) is 5.88 Å². The van der Waals surface area contributed by atoms with Crippen molar-refractivity contribution in [2.24, 2.45) is 17.8 Å². The number of nitrogens with zero attached hydrogens (tertiary/aromatic N) is 5. The van der Waals surface area contributed by atoms with Crippen LogP contribution >= 0.6 is 15.9 Å². The number of aromatic nitrogens is 3. The third-order valence-electron chi connectivity index (χ3n) is 4.99. The number of ether oxygens (including phenoxy) is 1. The van der Waals surface area contributed by atoms with Crippen molar-refractivity contribution < 1.29 is 18.7 Å². The highest BCUT2D eigenvalue weighted by atomic mass is 79.9. The molecule has 1 aliphatic heterocycles. The number of anilines is 2. The van der Waals surface area contributed by atoms with Gasteiger partial charge < -0.3 is 10.5 Å². The number of carbonyl (C=O) groups is 2. The van der Waals surface area contributed by atoms with Crippen molar-refractivity contribution in [2.75, 3.05) is 16.8 Å². The number of pyridine rings is 1. The minimum absolute atomic E-state index is 0.0197. The molecular weight excluding hydrogens is 497 g/mol. The quantitative estimate of drug-likeness (QED) is 0.549. The van der Waals surface area contributed by atoms with Crippen molar-refractivity contribution in [3.63, 3.8) is 0 Å². The van der Waals surface area contributed by atoms with Crippen LogP contribution in [0.25, 0.3) is 0 Å². The molecule has 4 rings (SSSR count). The van der Waals surface area contributed by atoms with Crippen LogP contribution in [0.1, 0.15) is 12.5 Å². The van der Waals surface area contributed by atoms with E-state index in [1.54, 1.807) is 30.9 Å². The van der Waals surface area contributed by atoms with Crippen molar-refractivity contribution in [3.05, 3.63) is 64.8 Å². The van der Waals surface area contributed by atoms with Gasteiger partial charge in [0.15, 0.2) is 5.84 Å². The van der Waals surface area contributed by atoms with Crippen molar-refractivity contribution in [2.45, 2.75) is 12.5 Å². The maximum absolute atomic E-state index is 14.9. The fourth-order valence-corrected chi connectivity index (χ4v) is 3.68. The Bertz CT molecular complexity index is 1260.